The van der Waals surface area contributed by atoms with E-state index in [4.69, 9.17) is 10.5 Å². The SMILES string of the molecule is CN(C(=O)C(=O)NCC#N)c1ccccc1C#N. The zero-order chi connectivity index (χ0) is 13.5. The van der Waals surface area contributed by atoms with Crippen LogP contribution in [0.5, 0.6) is 0 Å². The summed E-state index contributed by atoms with van der Waals surface area (Å²) >= 11 is 0. The Morgan fingerprint density at radius 2 is 2.00 bits per heavy atom. The molecule has 1 N–H and O–H groups in total. The predicted octanol–water partition coefficient (Wildman–Crippen LogP) is 0.161. The van der Waals surface area contributed by atoms with Gasteiger partial charge in [-0.05, 0) is 12.1 Å². The average Bonchev–Trinajstić information content (AvgIpc) is 2.42. The van der Waals surface area contributed by atoms with E-state index in [1.54, 1.807) is 30.3 Å². The van der Waals surface area contributed by atoms with Crippen molar-refractivity contribution < 1.29 is 9.59 Å². The second kappa shape index (κ2) is 6.02. The number of nitrogens with zero attached hydrogens (tertiary/aromatic N) is 3. The van der Waals surface area contributed by atoms with Crippen LogP contribution in [0.25, 0.3) is 0 Å². The van der Waals surface area contributed by atoms with Gasteiger partial charge in [-0.15, -0.1) is 0 Å². The molecule has 0 bridgehead atoms. The first-order valence-electron chi connectivity index (χ1n) is 5.03. The number of amides is 2. The normalized spacial score (nSPS) is 8.83. The number of hydrogen-bond acceptors (Lipinski definition) is 4. The van der Waals surface area contributed by atoms with Crippen molar-refractivity contribution >= 4 is 17.5 Å². The smallest absolute Gasteiger partial charge is 0.316 e. The lowest BCUT2D eigenvalue weighted by molar-refractivity contribution is -0.137. The van der Waals surface area contributed by atoms with Crippen molar-refractivity contribution in [2.45, 2.75) is 0 Å². The Kier molecular flexibility index (Phi) is 4.42. The van der Waals surface area contributed by atoms with Gasteiger partial charge in [-0.3, -0.25) is 9.59 Å². The van der Waals surface area contributed by atoms with E-state index in [2.05, 4.69) is 5.32 Å². The van der Waals surface area contributed by atoms with Crippen molar-refractivity contribution in [1.82, 2.24) is 5.32 Å². The largest absolute Gasteiger partial charge is 0.335 e. The van der Waals surface area contributed by atoms with E-state index >= 15 is 0 Å². The molecule has 0 saturated heterocycles. The summed E-state index contributed by atoms with van der Waals surface area (Å²) in [6.45, 7) is -0.238. The minimum atomic E-state index is -0.883. The predicted molar refractivity (Wildman–Crippen MR) is 63.2 cm³/mol. The van der Waals surface area contributed by atoms with Gasteiger partial charge < -0.3 is 10.2 Å². The van der Waals surface area contributed by atoms with Crippen molar-refractivity contribution in [3.63, 3.8) is 0 Å². The maximum Gasteiger partial charge on any atom is 0.316 e. The molecule has 90 valence electrons. The monoisotopic (exact) mass is 242 g/mol. The van der Waals surface area contributed by atoms with Crippen LogP contribution in [0.15, 0.2) is 24.3 Å². The highest BCUT2D eigenvalue weighted by molar-refractivity contribution is 6.40. The second-order valence-electron chi connectivity index (χ2n) is 3.33. The second-order valence-corrected chi connectivity index (χ2v) is 3.33. The zero-order valence-electron chi connectivity index (χ0n) is 9.67. The fourth-order valence-corrected chi connectivity index (χ4v) is 1.32. The fraction of sp³-hybridized carbons (Fsp3) is 0.167. The summed E-state index contributed by atoms with van der Waals surface area (Å²) in [5.74, 6) is -1.71. The van der Waals surface area contributed by atoms with Gasteiger partial charge in [0.05, 0.1) is 17.3 Å². The maximum atomic E-state index is 11.7. The number of likely N-dealkylation sites (N-methyl/N-ethyl adjacent to an activating group) is 1. The number of carbonyl (C=O) groups excluding carboxylic acids is 2. The summed E-state index contributed by atoms with van der Waals surface area (Å²) in [4.78, 5) is 24.2. The van der Waals surface area contributed by atoms with Crippen LogP contribution < -0.4 is 10.2 Å². The van der Waals surface area contributed by atoms with Crippen LogP contribution >= 0.6 is 0 Å². The Labute approximate surface area is 104 Å². The molecule has 1 rings (SSSR count). The molecule has 0 aromatic heterocycles. The van der Waals surface area contributed by atoms with Gasteiger partial charge in [-0.1, -0.05) is 12.1 Å². The van der Waals surface area contributed by atoms with Crippen LogP contribution in [0.2, 0.25) is 0 Å². The number of benzene rings is 1. The number of nitrogens with one attached hydrogen (secondary N) is 1. The third-order valence-electron chi connectivity index (χ3n) is 2.21. The van der Waals surface area contributed by atoms with Crippen LogP contribution in [-0.4, -0.2) is 25.4 Å². The van der Waals surface area contributed by atoms with Gasteiger partial charge in [-0.2, -0.15) is 10.5 Å². The van der Waals surface area contributed by atoms with Crippen LogP contribution in [0.4, 0.5) is 5.69 Å². The van der Waals surface area contributed by atoms with E-state index in [1.807, 2.05) is 6.07 Å². The minimum Gasteiger partial charge on any atom is -0.335 e. The minimum absolute atomic E-state index is 0.238. The molecule has 6 nitrogen and oxygen atoms in total. The number of rotatable bonds is 2. The molecule has 0 heterocycles. The van der Waals surface area contributed by atoms with E-state index in [0.29, 0.717) is 11.3 Å². The third kappa shape index (κ3) is 2.83. The Bertz CT molecular complexity index is 554. The van der Waals surface area contributed by atoms with Gasteiger partial charge in [0.25, 0.3) is 0 Å². The molecule has 0 spiro atoms. The summed E-state index contributed by atoms with van der Waals surface area (Å²) in [5, 5.41) is 19.3. The molecular weight excluding hydrogens is 232 g/mol. The molecule has 0 aliphatic heterocycles. The van der Waals surface area contributed by atoms with Gasteiger partial charge in [0.1, 0.15) is 12.6 Å². The van der Waals surface area contributed by atoms with Gasteiger partial charge in [0.15, 0.2) is 0 Å². The molecule has 1 aromatic carbocycles. The Morgan fingerprint density at radius 1 is 1.33 bits per heavy atom. The lowest BCUT2D eigenvalue weighted by Gasteiger charge is -2.17. The lowest BCUT2D eigenvalue weighted by Crippen LogP contribution is -2.41. The lowest BCUT2D eigenvalue weighted by atomic mass is 10.2. The Morgan fingerprint density at radius 3 is 2.61 bits per heavy atom. The van der Waals surface area contributed by atoms with Crippen LogP contribution in [0, 0.1) is 22.7 Å². The Hall–Kier alpha value is -2.86. The highest BCUT2D eigenvalue weighted by atomic mass is 16.2. The summed E-state index contributed by atoms with van der Waals surface area (Å²) in [7, 11) is 1.39. The molecule has 18 heavy (non-hydrogen) atoms. The quantitative estimate of drug-likeness (QED) is 0.590. The number of nitriles is 2. The molecule has 6 heteroatoms. The van der Waals surface area contributed by atoms with E-state index < -0.39 is 11.8 Å². The molecule has 0 atom stereocenters. The molecule has 0 unspecified atom stereocenters. The van der Waals surface area contributed by atoms with E-state index in [-0.39, 0.29) is 6.54 Å². The standard InChI is InChI=1S/C12H10N4O2/c1-16(12(18)11(17)15-7-6-13)10-5-3-2-4-9(10)8-14/h2-5H,7H2,1H3,(H,15,17). The zero-order valence-corrected chi connectivity index (χ0v) is 9.67. The maximum absolute atomic E-state index is 11.7. The van der Waals surface area contributed by atoms with E-state index in [0.717, 1.165) is 4.90 Å². The summed E-state index contributed by atoms with van der Waals surface area (Å²) < 4.78 is 0. The fourth-order valence-electron chi connectivity index (χ4n) is 1.32. The van der Waals surface area contributed by atoms with Crippen molar-refractivity contribution in [3.8, 4) is 12.1 Å². The highest BCUT2D eigenvalue weighted by Gasteiger charge is 2.21. The van der Waals surface area contributed by atoms with Gasteiger partial charge >= 0.3 is 11.8 Å². The van der Waals surface area contributed by atoms with E-state index in [9.17, 15) is 9.59 Å². The van der Waals surface area contributed by atoms with Gasteiger partial charge in [0, 0.05) is 7.05 Å². The summed E-state index contributed by atoms with van der Waals surface area (Å²) in [5.41, 5.74) is 0.638. The van der Waals surface area contributed by atoms with Crippen molar-refractivity contribution in [2.75, 3.05) is 18.5 Å². The molecule has 1 aromatic rings. The molecule has 0 saturated carbocycles. The van der Waals surface area contributed by atoms with Crippen molar-refractivity contribution in [2.24, 2.45) is 0 Å². The van der Waals surface area contributed by atoms with Crippen LogP contribution in [0.3, 0.4) is 0 Å². The molecule has 0 aliphatic rings. The van der Waals surface area contributed by atoms with Crippen molar-refractivity contribution in [1.29, 1.82) is 10.5 Å². The van der Waals surface area contributed by atoms with Crippen LogP contribution in [-0.2, 0) is 9.59 Å². The third-order valence-corrected chi connectivity index (χ3v) is 2.21. The molecule has 0 aliphatic carbocycles. The number of para-hydroxylation sites is 1. The van der Waals surface area contributed by atoms with E-state index in [1.165, 1.54) is 7.05 Å². The molecule has 0 radical (unpaired) electrons. The first-order chi connectivity index (χ1) is 8.61. The summed E-state index contributed by atoms with van der Waals surface area (Å²) in [6, 6.07) is 10.1. The number of carbonyl (C=O) groups is 2. The van der Waals surface area contributed by atoms with Crippen LogP contribution in [0.1, 0.15) is 5.56 Å². The topological polar surface area (TPSA) is 97.0 Å². The average molecular weight is 242 g/mol. The summed E-state index contributed by atoms with van der Waals surface area (Å²) in [6.07, 6.45) is 0. The van der Waals surface area contributed by atoms with Gasteiger partial charge in [-0.25, -0.2) is 0 Å². The molecular formula is C12H10N4O2. The first-order valence-corrected chi connectivity index (χ1v) is 5.03. The van der Waals surface area contributed by atoms with Gasteiger partial charge in [0.2, 0.25) is 0 Å². The number of anilines is 1. The Balaban J connectivity index is 2.91. The molecule has 0 fully saturated rings. The van der Waals surface area contributed by atoms with Crippen molar-refractivity contribution in [3.05, 3.63) is 29.8 Å². The highest BCUT2D eigenvalue weighted by Crippen LogP contribution is 2.17. The first kappa shape index (κ1) is 13.2. The number of hydrogen-bond donors (Lipinski definition) is 1. The molecule has 2 amide bonds.